The summed E-state index contributed by atoms with van der Waals surface area (Å²) in [7, 11) is 0. The van der Waals surface area contributed by atoms with Crippen LogP contribution in [0, 0.1) is 5.92 Å². The molecule has 1 aromatic rings. The van der Waals surface area contributed by atoms with E-state index in [-0.39, 0.29) is 17.9 Å². The fraction of sp³-hybridized carbons (Fsp3) is 0.417. The van der Waals surface area contributed by atoms with Gasteiger partial charge in [-0.1, -0.05) is 30.3 Å². The van der Waals surface area contributed by atoms with Crippen LogP contribution in [-0.2, 0) is 11.3 Å². The van der Waals surface area contributed by atoms with Crippen molar-refractivity contribution in [1.82, 2.24) is 5.32 Å². The Balaban J connectivity index is 1.76. The predicted octanol–water partition coefficient (Wildman–Crippen LogP) is 1.04. The molecule has 0 aliphatic heterocycles. The molecule has 15 heavy (non-hydrogen) atoms. The number of nitrogens with two attached hydrogens (primary N) is 1. The number of amides is 1. The lowest BCUT2D eigenvalue weighted by Gasteiger charge is -2.31. The lowest BCUT2D eigenvalue weighted by molar-refractivity contribution is -0.128. The Bertz CT molecular complexity index is 331. The minimum Gasteiger partial charge on any atom is -0.352 e. The van der Waals surface area contributed by atoms with Crippen LogP contribution in [0.5, 0.6) is 0 Å². The van der Waals surface area contributed by atoms with Crippen LogP contribution in [-0.4, -0.2) is 11.9 Å². The summed E-state index contributed by atoms with van der Waals surface area (Å²) in [6.45, 7) is 0.616. The lowest BCUT2D eigenvalue weighted by atomic mass is 9.80. The molecule has 0 atom stereocenters. The number of nitrogens with one attached hydrogen (secondary N) is 1. The van der Waals surface area contributed by atoms with Gasteiger partial charge in [-0.3, -0.25) is 4.79 Å². The fourth-order valence-electron chi connectivity index (χ4n) is 1.81. The third-order valence-electron chi connectivity index (χ3n) is 2.85. The molecule has 0 aromatic heterocycles. The monoisotopic (exact) mass is 204 g/mol. The molecule has 1 saturated carbocycles. The zero-order valence-electron chi connectivity index (χ0n) is 8.65. The smallest absolute Gasteiger partial charge is 0.223 e. The predicted molar refractivity (Wildman–Crippen MR) is 59.0 cm³/mol. The van der Waals surface area contributed by atoms with Gasteiger partial charge in [0.25, 0.3) is 0 Å². The molecule has 0 saturated heterocycles. The summed E-state index contributed by atoms with van der Waals surface area (Å²) in [5.74, 6) is 0.282. The summed E-state index contributed by atoms with van der Waals surface area (Å²) in [5.41, 5.74) is 6.77. The number of hydrogen-bond acceptors (Lipinski definition) is 2. The van der Waals surface area contributed by atoms with E-state index in [1.54, 1.807) is 0 Å². The third-order valence-corrected chi connectivity index (χ3v) is 2.85. The first kappa shape index (κ1) is 10.2. The van der Waals surface area contributed by atoms with E-state index in [4.69, 9.17) is 5.73 Å². The highest BCUT2D eigenvalue weighted by Gasteiger charge is 2.31. The first-order valence-electron chi connectivity index (χ1n) is 5.33. The Morgan fingerprint density at radius 2 is 2.00 bits per heavy atom. The average molecular weight is 204 g/mol. The molecule has 3 N–H and O–H groups in total. The van der Waals surface area contributed by atoms with Gasteiger partial charge in [0, 0.05) is 18.5 Å². The van der Waals surface area contributed by atoms with E-state index in [0.29, 0.717) is 6.54 Å². The van der Waals surface area contributed by atoms with Crippen molar-refractivity contribution in [2.24, 2.45) is 11.7 Å². The highest BCUT2D eigenvalue weighted by Crippen LogP contribution is 2.25. The van der Waals surface area contributed by atoms with E-state index in [1.165, 1.54) is 0 Å². The molecule has 80 valence electrons. The molecule has 0 radical (unpaired) electrons. The van der Waals surface area contributed by atoms with Crippen molar-refractivity contribution in [2.45, 2.75) is 25.4 Å². The minimum absolute atomic E-state index is 0.139. The maximum atomic E-state index is 11.6. The Morgan fingerprint density at radius 1 is 1.33 bits per heavy atom. The largest absolute Gasteiger partial charge is 0.352 e. The molecule has 1 aliphatic rings. The summed E-state index contributed by atoms with van der Waals surface area (Å²) in [6.07, 6.45) is 1.67. The van der Waals surface area contributed by atoms with Gasteiger partial charge in [-0.2, -0.15) is 0 Å². The van der Waals surface area contributed by atoms with Crippen LogP contribution < -0.4 is 11.1 Å². The van der Waals surface area contributed by atoms with E-state index >= 15 is 0 Å². The zero-order chi connectivity index (χ0) is 10.7. The highest BCUT2D eigenvalue weighted by molar-refractivity contribution is 5.79. The summed E-state index contributed by atoms with van der Waals surface area (Å²) in [6, 6.07) is 10.2. The molecule has 1 aliphatic carbocycles. The van der Waals surface area contributed by atoms with Gasteiger partial charge in [-0.15, -0.1) is 0 Å². The molecule has 0 bridgehead atoms. The molecule has 3 heteroatoms. The van der Waals surface area contributed by atoms with Crippen molar-refractivity contribution in [3.63, 3.8) is 0 Å². The molecule has 0 spiro atoms. The van der Waals surface area contributed by atoms with Crippen LogP contribution in [0.2, 0.25) is 0 Å². The zero-order valence-corrected chi connectivity index (χ0v) is 8.65. The third kappa shape index (κ3) is 2.57. The van der Waals surface area contributed by atoms with Gasteiger partial charge in [0.05, 0.1) is 0 Å². The van der Waals surface area contributed by atoms with E-state index in [0.717, 1.165) is 18.4 Å². The van der Waals surface area contributed by atoms with E-state index in [2.05, 4.69) is 5.32 Å². The van der Waals surface area contributed by atoms with Crippen molar-refractivity contribution < 1.29 is 4.79 Å². The van der Waals surface area contributed by atoms with Gasteiger partial charge < -0.3 is 11.1 Å². The minimum atomic E-state index is 0.139. The average Bonchev–Trinajstić information content (AvgIpc) is 2.23. The van der Waals surface area contributed by atoms with Crippen molar-refractivity contribution in [3.05, 3.63) is 35.9 Å². The second kappa shape index (κ2) is 4.45. The van der Waals surface area contributed by atoms with Crippen LogP contribution in [0.4, 0.5) is 0 Å². The molecule has 2 rings (SSSR count). The number of carbonyl (C=O) groups is 1. The number of rotatable bonds is 3. The Labute approximate surface area is 89.7 Å². The summed E-state index contributed by atoms with van der Waals surface area (Å²) >= 11 is 0. The topological polar surface area (TPSA) is 55.1 Å². The normalized spacial score (nSPS) is 24.3. The van der Waals surface area contributed by atoms with Crippen LogP contribution in [0.1, 0.15) is 18.4 Å². The molecule has 3 nitrogen and oxygen atoms in total. The molecule has 0 unspecified atom stereocenters. The van der Waals surface area contributed by atoms with Crippen molar-refractivity contribution in [3.8, 4) is 0 Å². The molecule has 0 heterocycles. The summed E-state index contributed by atoms with van der Waals surface area (Å²) in [5, 5.41) is 2.93. The maximum absolute atomic E-state index is 11.6. The fourth-order valence-corrected chi connectivity index (χ4v) is 1.81. The second-order valence-corrected chi connectivity index (χ2v) is 4.13. The first-order chi connectivity index (χ1) is 7.25. The molecule has 1 amide bonds. The van der Waals surface area contributed by atoms with Gasteiger partial charge in [-0.05, 0) is 18.4 Å². The van der Waals surface area contributed by atoms with Gasteiger partial charge in [0.15, 0.2) is 0 Å². The SMILES string of the molecule is NC1CC(C(=O)NCc2ccccc2)C1. The van der Waals surface area contributed by atoms with Gasteiger partial charge in [0.2, 0.25) is 5.91 Å². The Hall–Kier alpha value is -1.35. The van der Waals surface area contributed by atoms with E-state index in [1.807, 2.05) is 30.3 Å². The molecule has 1 aromatic carbocycles. The molecular weight excluding hydrogens is 188 g/mol. The number of hydrogen-bond donors (Lipinski definition) is 2. The van der Waals surface area contributed by atoms with E-state index in [9.17, 15) is 4.79 Å². The van der Waals surface area contributed by atoms with E-state index < -0.39 is 0 Å². The standard InChI is InChI=1S/C12H16N2O/c13-11-6-10(7-11)12(15)14-8-9-4-2-1-3-5-9/h1-5,10-11H,6-8,13H2,(H,14,15). The summed E-state index contributed by atoms with van der Waals surface area (Å²) < 4.78 is 0. The molecular formula is C12H16N2O. The number of carbonyl (C=O) groups excluding carboxylic acids is 1. The van der Waals surface area contributed by atoms with Crippen LogP contribution in [0.25, 0.3) is 0 Å². The second-order valence-electron chi connectivity index (χ2n) is 4.13. The Kier molecular flexibility index (Phi) is 3.02. The van der Waals surface area contributed by atoms with Gasteiger partial charge >= 0.3 is 0 Å². The first-order valence-corrected chi connectivity index (χ1v) is 5.33. The van der Waals surface area contributed by atoms with Crippen LogP contribution in [0.3, 0.4) is 0 Å². The van der Waals surface area contributed by atoms with Crippen LogP contribution in [0.15, 0.2) is 30.3 Å². The summed E-state index contributed by atoms with van der Waals surface area (Å²) in [4.78, 5) is 11.6. The van der Waals surface area contributed by atoms with Crippen LogP contribution >= 0.6 is 0 Å². The lowest BCUT2D eigenvalue weighted by Crippen LogP contribution is -2.44. The van der Waals surface area contributed by atoms with Crippen molar-refractivity contribution in [1.29, 1.82) is 0 Å². The molecule has 1 fully saturated rings. The van der Waals surface area contributed by atoms with Gasteiger partial charge in [-0.25, -0.2) is 0 Å². The van der Waals surface area contributed by atoms with Crippen molar-refractivity contribution >= 4 is 5.91 Å². The Morgan fingerprint density at radius 3 is 2.60 bits per heavy atom. The van der Waals surface area contributed by atoms with Gasteiger partial charge in [0.1, 0.15) is 0 Å². The number of benzene rings is 1. The van der Waals surface area contributed by atoms with Crippen molar-refractivity contribution in [2.75, 3.05) is 0 Å². The maximum Gasteiger partial charge on any atom is 0.223 e. The quantitative estimate of drug-likeness (QED) is 0.773. The highest BCUT2D eigenvalue weighted by atomic mass is 16.1.